The van der Waals surface area contributed by atoms with Crippen LogP contribution in [0.3, 0.4) is 0 Å². The molecule has 6 fully saturated rings. The summed E-state index contributed by atoms with van der Waals surface area (Å²) in [6, 6.07) is 0.729. The summed E-state index contributed by atoms with van der Waals surface area (Å²) in [5, 5.41) is 10.4. The van der Waals surface area contributed by atoms with Crippen LogP contribution in [0.25, 0.3) is 0 Å². The fourth-order valence-electron chi connectivity index (χ4n) is 7.16. The van der Waals surface area contributed by atoms with Gasteiger partial charge in [0.2, 0.25) is 0 Å². The van der Waals surface area contributed by atoms with E-state index in [0.717, 1.165) is 75.1 Å². The molecular formula is C25H49N7OS+2. The summed E-state index contributed by atoms with van der Waals surface area (Å²) in [5.74, 6) is 1.81. The Bertz CT molecular complexity index is 635. The van der Waals surface area contributed by atoms with Crippen molar-refractivity contribution in [1.29, 1.82) is 0 Å². The molecule has 0 radical (unpaired) electrons. The molecule has 0 spiro atoms. The quantitative estimate of drug-likeness (QED) is 0.284. The molecule has 194 valence electrons. The third kappa shape index (κ3) is 6.81. The predicted octanol–water partition coefficient (Wildman–Crippen LogP) is -2.23. The molecule has 34 heavy (non-hydrogen) atoms. The molecule has 0 aliphatic carbocycles. The Morgan fingerprint density at radius 1 is 1.00 bits per heavy atom. The minimum Gasteiger partial charge on any atom is -0.379 e. The third-order valence-electron chi connectivity index (χ3n) is 9.28. The summed E-state index contributed by atoms with van der Waals surface area (Å²) in [6.45, 7) is 17.3. The lowest BCUT2D eigenvalue weighted by Crippen LogP contribution is -3.20. The van der Waals surface area contributed by atoms with Gasteiger partial charge >= 0.3 is 0 Å². The van der Waals surface area contributed by atoms with E-state index in [1.807, 2.05) is 4.90 Å². The maximum absolute atomic E-state index is 5.58. The van der Waals surface area contributed by atoms with Crippen LogP contribution in [-0.4, -0.2) is 130 Å². The highest BCUT2D eigenvalue weighted by atomic mass is 32.1. The number of nitrogens with one attached hydrogen (secondary N) is 3. The van der Waals surface area contributed by atoms with Crippen LogP contribution >= 0.6 is 12.2 Å². The van der Waals surface area contributed by atoms with E-state index < -0.39 is 0 Å². The van der Waals surface area contributed by atoms with Crippen LogP contribution in [0.15, 0.2) is 0 Å². The van der Waals surface area contributed by atoms with Gasteiger partial charge in [-0.15, -0.1) is 0 Å². The Kier molecular flexibility index (Phi) is 9.31. The van der Waals surface area contributed by atoms with Crippen LogP contribution in [-0.2, 0) is 4.74 Å². The van der Waals surface area contributed by atoms with E-state index in [1.54, 1.807) is 0 Å². The zero-order valence-corrected chi connectivity index (χ0v) is 22.0. The summed E-state index contributed by atoms with van der Waals surface area (Å²) in [4.78, 5) is 9.82. The average molecular weight is 496 g/mol. The summed E-state index contributed by atoms with van der Waals surface area (Å²) in [6.07, 6.45) is 7.80. The minimum absolute atomic E-state index is 0.729. The van der Waals surface area contributed by atoms with Crippen LogP contribution in [0.1, 0.15) is 32.1 Å². The van der Waals surface area contributed by atoms with Gasteiger partial charge in [0.05, 0.1) is 39.4 Å². The van der Waals surface area contributed by atoms with Crippen molar-refractivity contribution in [3.63, 3.8) is 0 Å². The normalized spacial score (nSPS) is 35.8. The molecule has 2 unspecified atom stereocenters. The van der Waals surface area contributed by atoms with E-state index in [4.69, 9.17) is 17.0 Å². The Morgan fingerprint density at radius 3 is 2.59 bits per heavy atom. The molecule has 5 atom stereocenters. The molecule has 6 rings (SSSR count). The highest BCUT2D eigenvalue weighted by Gasteiger charge is 2.44. The molecule has 6 saturated heterocycles. The molecule has 0 aromatic carbocycles. The second kappa shape index (κ2) is 12.6. The van der Waals surface area contributed by atoms with Crippen molar-refractivity contribution >= 4 is 17.3 Å². The lowest BCUT2D eigenvalue weighted by atomic mass is 9.75. The van der Waals surface area contributed by atoms with E-state index in [-0.39, 0.29) is 0 Å². The van der Waals surface area contributed by atoms with Gasteiger partial charge < -0.3 is 30.5 Å². The van der Waals surface area contributed by atoms with Crippen LogP contribution in [0.2, 0.25) is 0 Å². The first kappa shape index (κ1) is 25.1. The number of thiocarbonyl (C=S) groups is 1. The number of ether oxygens (including phenoxy) is 1. The summed E-state index contributed by atoms with van der Waals surface area (Å²) in [5.41, 5.74) is 0. The van der Waals surface area contributed by atoms with Gasteiger partial charge in [-0.25, -0.2) is 0 Å². The summed E-state index contributed by atoms with van der Waals surface area (Å²) >= 11 is 5.58. The first-order valence-corrected chi connectivity index (χ1v) is 14.6. The predicted molar refractivity (Wildman–Crippen MR) is 139 cm³/mol. The fourth-order valence-corrected chi connectivity index (χ4v) is 7.35. The Labute approximate surface area is 212 Å². The minimum atomic E-state index is 0.729. The van der Waals surface area contributed by atoms with Gasteiger partial charge in [0.25, 0.3) is 0 Å². The number of hydrogen-bond donors (Lipinski definition) is 4. The first-order chi connectivity index (χ1) is 16.7. The number of hydrogen-bond acceptors (Lipinski definition) is 5. The molecular weight excluding hydrogens is 446 g/mol. The monoisotopic (exact) mass is 495 g/mol. The highest BCUT2D eigenvalue weighted by molar-refractivity contribution is 7.80. The lowest BCUT2D eigenvalue weighted by Gasteiger charge is -2.49. The third-order valence-corrected chi connectivity index (χ3v) is 9.57. The zero-order chi connectivity index (χ0) is 23.2. The van der Waals surface area contributed by atoms with E-state index in [1.165, 1.54) is 84.5 Å². The zero-order valence-electron chi connectivity index (χ0n) is 21.2. The van der Waals surface area contributed by atoms with Crippen molar-refractivity contribution in [2.45, 2.75) is 44.3 Å². The fraction of sp³-hybridized carbons (Fsp3) is 0.960. The standard InChI is InChI=1S/C25H47N7OS/c34-25(27-6-8-29-13-15-33-16-14-29)28-18-23-17-21-4-7-32(23)20-22(21)19-30-9-11-31(12-10-30)24-3-1-2-5-26-24/h21-24,26H,1-20H2,(H2,27,28,34)/p+2/t21-,22+,23+,24?/m0/s1. The Balaban J connectivity index is 0.975. The molecule has 0 saturated carbocycles. The number of rotatable bonds is 8. The molecule has 0 aromatic rings. The Morgan fingerprint density at radius 2 is 1.85 bits per heavy atom. The molecule has 0 amide bonds. The van der Waals surface area contributed by atoms with Crippen molar-refractivity contribution in [2.24, 2.45) is 11.8 Å². The highest BCUT2D eigenvalue weighted by Crippen LogP contribution is 2.28. The first-order valence-electron chi connectivity index (χ1n) is 14.2. The van der Waals surface area contributed by atoms with Gasteiger partial charge in [0, 0.05) is 84.1 Å². The average Bonchev–Trinajstić information content (AvgIpc) is 2.90. The van der Waals surface area contributed by atoms with E-state index >= 15 is 0 Å². The van der Waals surface area contributed by atoms with Gasteiger partial charge in [-0.3, -0.25) is 9.80 Å². The van der Waals surface area contributed by atoms with Crippen molar-refractivity contribution in [3.05, 3.63) is 0 Å². The van der Waals surface area contributed by atoms with Crippen LogP contribution in [0, 0.1) is 11.8 Å². The maximum Gasteiger partial charge on any atom is 0.166 e. The van der Waals surface area contributed by atoms with Gasteiger partial charge in [0.15, 0.2) is 5.11 Å². The van der Waals surface area contributed by atoms with Gasteiger partial charge in [-0.05, 0) is 31.0 Å². The van der Waals surface area contributed by atoms with Crippen molar-refractivity contribution in [1.82, 2.24) is 25.3 Å². The molecule has 9 heteroatoms. The van der Waals surface area contributed by atoms with Gasteiger partial charge in [-0.1, -0.05) is 0 Å². The maximum atomic E-state index is 5.58. The molecule has 2 bridgehead atoms. The van der Waals surface area contributed by atoms with Crippen LogP contribution in [0.4, 0.5) is 0 Å². The molecule has 6 heterocycles. The largest absolute Gasteiger partial charge is 0.379 e. The van der Waals surface area contributed by atoms with Gasteiger partial charge in [-0.2, -0.15) is 0 Å². The molecule has 6 aliphatic heterocycles. The number of nitrogens with zero attached hydrogens (tertiary/aromatic N) is 3. The molecule has 8 nitrogen and oxygen atoms in total. The van der Waals surface area contributed by atoms with Crippen LogP contribution in [0.5, 0.6) is 0 Å². The molecule has 6 aliphatic rings. The van der Waals surface area contributed by atoms with E-state index in [2.05, 4.69) is 30.7 Å². The SMILES string of the molecule is S=C(NCCN1CCOCC1)NC[C@H]1C[C@@H]2CC[NH+]1C[C@H]2CN1CCN(C2CCCC[NH2+]2)CC1. The number of nitrogens with two attached hydrogens (primary N) is 1. The Hall–Kier alpha value is -0.550. The van der Waals surface area contributed by atoms with E-state index in [0.29, 0.717) is 0 Å². The van der Waals surface area contributed by atoms with Gasteiger partial charge in [0.1, 0.15) is 12.2 Å². The summed E-state index contributed by atoms with van der Waals surface area (Å²) < 4.78 is 5.43. The smallest absolute Gasteiger partial charge is 0.166 e. The second-order valence-corrected chi connectivity index (χ2v) is 11.8. The van der Waals surface area contributed by atoms with E-state index in [9.17, 15) is 0 Å². The lowest BCUT2D eigenvalue weighted by molar-refractivity contribution is -0.945. The number of piperidine rings is 4. The van der Waals surface area contributed by atoms with Crippen LogP contribution < -0.4 is 20.9 Å². The van der Waals surface area contributed by atoms with Crippen molar-refractivity contribution in [2.75, 3.05) is 98.3 Å². The number of quaternary nitrogens is 2. The van der Waals surface area contributed by atoms with Crippen molar-refractivity contribution in [3.8, 4) is 0 Å². The summed E-state index contributed by atoms with van der Waals surface area (Å²) in [7, 11) is 0. The topological polar surface area (TPSA) is 64.1 Å². The molecule has 5 N–H and O–H groups in total. The van der Waals surface area contributed by atoms with Crippen molar-refractivity contribution < 1.29 is 15.0 Å². The molecule has 0 aromatic heterocycles. The number of fused-ring (bicyclic) bond motifs is 3. The number of morpholine rings is 1. The second-order valence-electron chi connectivity index (χ2n) is 11.4. The number of piperazine rings is 1.